The Balaban J connectivity index is 1.97. The number of carbonyl (C=O) groups is 1. The summed E-state index contributed by atoms with van der Waals surface area (Å²) >= 11 is 1.58. The van der Waals surface area contributed by atoms with E-state index in [1.165, 1.54) is 5.56 Å². The number of hydrogen-bond acceptors (Lipinski definition) is 2. The molecule has 0 spiro atoms. The van der Waals surface area contributed by atoms with Crippen LogP contribution in [0.4, 0.5) is 0 Å². The first kappa shape index (κ1) is 12.8. The van der Waals surface area contributed by atoms with Crippen molar-refractivity contribution in [3.63, 3.8) is 0 Å². The first-order valence-electron chi connectivity index (χ1n) is 5.79. The molecule has 4 heteroatoms. The van der Waals surface area contributed by atoms with E-state index in [-0.39, 0.29) is 6.42 Å². The molecule has 0 fully saturated rings. The zero-order valence-electron chi connectivity index (χ0n) is 9.95. The van der Waals surface area contributed by atoms with E-state index >= 15 is 0 Å². The lowest BCUT2D eigenvalue weighted by molar-refractivity contribution is -0.136. The van der Waals surface area contributed by atoms with E-state index in [1.807, 2.05) is 36.5 Å². The van der Waals surface area contributed by atoms with Gasteiger partial charge in [-0.05, 0) is 17.7 Å². The van der Waals surface area contributed by atoms with Crippen LogP contribution in [0.25, 0.3) is 0 Å². The van der Waals surface area contributed by atoms with E-state index in [0.717, 1.165) is 11.6 Å². The molecule has 1 aromatic heterocycles. The third-order valence-corrected chi connectivity index (χ3v) is 3.62. The minimum atomic E-state index is -0.747. The van der Waals surface area contributed by atoms with Gasteiger partial charge >= 0.3 is 5.97 Å². The second-order valence-electron chi connectivity index (χ2n) is 3.95. The Kier molecular flexibility index (Phi) is 4.47. The molecule has 0 amide bonds. The van der Waals surface area contributed by atoms with Gasteiger partial charge in [-0.2, -0.15) is 0 Å². The third-order valence-electron chi connectivity index (χ3n) is 2.55. The van der Waals surface area contributed by atoms with Crippen molar-refractivity contribution in [3.8, 4) is 0 Å². The van der Waals surface area contributed by atoms with Gasteiger partial charge in [-0.1, -0.05) is 30.3 Å². The summed E-state index contributed by atoms with van der Waals surface area (Å²) in [5.41, 5.74) is 1.24. The van der Waals surface area contributed by atoms with E-state index in [0.29, 0.717) is 5.75 Å². The molecule has 3 nitrogen and oxygen atoms in total. The lowest BCUT2D eigenvalue weighted by Gasteiger charge is -2.08. The lowest BCUT2D eigenvalue weighted by atomic mass is 10.2. The number of benzene rings is 1. The highest BCUT2D eigenvalue weighted by atomic mass is 32.2. The maximum absolute atomic E-state index is 10.5. The van der Waals surface area contributed by atoms with Crippen LogP contribution < -0.4 is 0 Å². The van der Waals surface area contributed by atoms with Gasteiger partial charge in [0.1, 0.15) is 0 Å². The molecule has 1 heterocycles. The molecule has 0 aliphatic carbocycles. The van der Waals surface area contributed by atoms with Crippen LogP contribution in [0.3, 0.4) is 0 Å². The number of aromatic nitrogens is 1. The number of rotatable bonds is 6. The van der Waals surface area contributed by atoms with Crippen molar-refractivity contribution < 1.29 is 9.90 Å². The Labute approximate surface area is 110 Å². The molecule has 0 saturated heterocycles. The minimum Gasteiger partial charge on any atom is -0.481 e. The molecule has 0 unspecified atom stereocenters. The van der Waals surface area contributed by atoms with Gasteiger partial charge in [0.2, 0.25) is 0 Å². The van der Waals surface area contributed by atoms with E-state index in [2.05, 4.69) is 16.7 Å². The molecule has 94 valence electrons. The number of aliphatic carboxylic acids is 1. The van der Waals surface area contributed by atoms with Crippen LogP contribution in [-0.4, -0.2) is 21.4 Å². The van der Waals surface area contributed by atoms with Crippen LogP contribution in [0.15, 0.2) is 53.7 Å². The fourth-order valence-electron chi connectivity index (χ4n) is 1.68. The fourth-order valence-corrected chi connectivity index (χ4v) is 2.63. The van der Waals surface area contributed by atoms with Gasteiger partial charge in [0, 0.05) is 18.5 Å². The van der Waals surface area contributed by atoms with Crippen molar-refractivity contribution in [1.82, 2.24) is 4.57 Å². The maximum atomic E-state index is 10.5. The summed E-state index contributed by atoms with van der Waals surface area (Å²) in [6.45, 7) is 0.823. The molecule has 0 atom stereocenters. The minimum absolute atomic E-state index is 0.196. The molecule has 0 bridgehead atoms. The average molecular weight is 261 g/mol. The van der Waals surface area contributed by atoms with Crippen molar-refractivity contribution in [1.29, 1.82) is 0 Å². The Bertz CT molecular complexity index is 508. The zero-order valence-corrected chi connectivity index (χ0v) is 10.8. The van der Waals surface area contributed by atoms with Gasteiger partial charge < -0.3 is 9.67 Å². The highest BCUT2D eigenvalue weighted by molar-refractivity contribution is 7.99. The Hall–Kier alpha value is -1.68. The van der Waals surface area contributed by atoms with Gasteiger partial charge in [-0.15, -0.1) is 11.8 Å². The van der Waals surface area contributed by atoms with E-state index in [4.69, 9.17) is 5.11 Å². The Morgan fingerprint density at radius 3 is 2.67 bits per heavy atom. The van der Waals surface area contributed by atoms with Crippen molar-refractivity contribution >= 4 is 17.7 Å². The monoisotopic (exact) mass is 261 g/mol. The summed E-state index contributed by atoms with van der Waals surface area (Å²) in [6, 6.07) is 14.2. The summed E-state index contributed by atoms with van der Waals surface area (Å²) in [5.74, 6) is -0.141. The molecule has 18 heavy (non-hydrogen) atoms. The van der Waals surface area contributed by atoms with Gasteiger partial charge in [0.05, 0.1) is 11.4 Å². The molecule has 0 aliphatic rings. The number of carboxylic acids is 1. The van der Waals surface area contributed by atoms with Crippen LogP contribution >= 0.6 is 11.8 Å². The molecule has 0 saturated carbocycles. The molecule has 0 radical (unpaired) electrons. The first-order valence-corrected chi connectivity index (χ1v) is 6.78. The molecular formula is C14H15NO2S. The largest absolute Gasteiger partial charge is 0.481 e. The van der Waals surface area contributed by atoms with E-state index in [9.17, 15) is 4.79 Å². The summed E-state index contributed by atoms with van der Waals surface area (Å²) in [4.78, 5) is 10.5. The predicted octanol–water partition coefficient (Wildman–Crippen LogP) is 3.10. The van der Waals surface area contributed by atoms with Crippen molar-refractivity contribution in [2.24, 2.45) is 0 Å². The van der Waals surface area contributed by atoms with Crippen molar-refractivity contribution in [3.05, 3.63) is 54.2 Å². The third kappa shape index (κ3) is 3.67. The number of thioether (sulfide) groups is 1. The summed E-state index contributed by atoms with van der Waals surface area (Å²) in [7, 11) is 0. The number of carboxylic acid groups (broad SMARTS) is 1. The first-order chi connectivity index (χ1) is 8.75. The molecular weight excluding hydrogens is 246 g/mol. The van der Waals surface area contributed by atoms with Gasteiger partial charge in [-0.3, -0.25) is 4.79 Å². The molecule has 0 aliphatic heterocycles. The summed E-state index contributed by atoms with van der Waals surface area (Å²) in [5, 5.41) is 9.74. The normalized spacial score (nSPS) is 10.4. The van der Waals surface area contributed by atoms with Crippen LogP contribution in [0.1, 0.15) is 12.0 Å². The standard InChI is InChI=1S/C14H15NO2S/c16-14(17)8-10-18-13-7-4-9-15(13)11-12-5-2-1-3-6-12/h1-7,9H,8,10-11H2,(H,16,17). The molecule has 1 N–H and O–H groups in total. The van der Waals surface area contributed by atoms with E-state index in [1.54, 1.807) is 11.8 Å². The second-order valence-corrected chi connectivity index (χ2v) is 5.07. The van der Waals surface area contributed by atoms with Crippen LogP contribution in [0.5, 0.6) is 0 Å². The van der Waals surface area contributed by atoms with Crippen molar-refractivity contribution in [2.45, 2.75) is 18.0 Å². The summed E-state index contributed by atoms with van der Waals surface area (Å²) < 4.78 is 2.14. The van der Waals surface area contributed by atoms with Crippen LogP contribution in [0, 0.1) is 0 Å². The second kappa shape index (κ2) is 6.31. The maximum Gasteiger partial charge on any atom is 0.304 e. The topological polar surface area (TPSA) is 42.2 Å². The lowest BCUT2D eigenvalue weighted by Crippen LogP contribution is -2.01. The van der Waals surface area contributed by atoms with Crippen LogP contribution in [-0.2, 0) is 11.3 Å². The van der Waals surface area contributed by atoms with E-state index < -0.39 is 5.97 Å². The SMILES string of the molecule is O=C(O)CCSc1cccn1Cc1ccccc1. The fraction of sp³-hybridized carbons (Fsp3) is 0.214. The van der Waals surface area contributed by atoms with Gasteiger partial charge in [-0.25, -0.2) is 0 Å². The Morgan fingerprint density at radius 2 is 1.94 bits per heavy atom. The Morgan fingerprint density at radius 1 is 1.17 bits per heavy atom. The number of hydrogen-bond donors (Lipinski definition) is 1. The molecule has 2 rings (SSSR count). The van der Waals surface area contributed by atoms with Gasteiger partial charge in [0.25, 0.3) is 0 Å². The van der Waals surface area contributed by atoms with Crippen LogP contribution in [0.2, 0.25) is 0 Å². The van der Waals surface area contributed by atoms with Crippen molar-refractivity contribution in [2.75, 3.05) is 5.75 Å². The van der Waals surface area contributed by atoms with Gasteiger partial charge in [0.15, 0.2) is 0 Å². The summed E-state index contributed by atoms with van der Waals surface area (Å²) in [6.07, 6.45) is 2.22. The predicted molar refractivity (Wildman–Crippen MR) is 73.0 cm³/mol. The molecule has 1 aromatic carbocycles. The number of nitrogens with zero attached hydrogens (tertiary/aromatic N) is 1. The zero-order chi connectivity index (χ0) is 12.8. The average Bonchev–Trinajstić information content (AvgIpc) is 2.78. The quantitative estimate of drug-likeness (QED) is 0.812. The molecule has 2 aromatic rings. The highest BCUT2D eigenvalue weighted by Crippen LogP contribution is 2.20. The highest BCUT2D eigenvalue weighted by Gasteiger charge is 2.04. The smallest absolute Gasteiger partial charge is 0.304 e.